The average molecular weight is 573 g/mol. The van der Waals surface area contributed by atoms with Gasteiger partial charge in [-0.1, -0.05) is 80.7 Å². The maximum atomic E-state index is 8.58. The Bertz CT molecular complexity index is 1250. The molecule has 6 heteroatoms. The fourth-order valence-electron chi connectivity index (χ4n) is 6.54. The first-order chi connectivity index (χ1) is 19.8. The molecule has 3 aliphatic rings. The van der Waals surface area contributed by atoms with Crippen molar-refractivity contribution < 1.29 is 4.79 Å². The highest BCUT2D eigenvalue weighted by atomic mass is 31.1. The number of carbonyl (C=O) groups excluding carboxylic acids is 1. The van der Waals surface area contributed by atoms with Crippen LogP contribution in [0.2, 0.25) is 0 Å². The second-order valence-electron chi connectivity index (χ2n) is 11.9. The first-order valence-corrected chi connectivity index (χ1v) is 16.2. The maximum Gasteiger partial charge on any atom is 0.204 e. The lowest BCUT2D eigenvalue weighted by molar-refractivity contribution is -0.106. The predicted octanol–water partition coefficient (Wildman–Crippen LogP) is 6.03. The molecular weight excluding hydrogens is 523 g/mol. The lowest BCUT2D eigenvalue weighted by Crippen LogP contribution is -2.54. The minimum Gasteiger partial charge on any atom is -0.372 e. The molecule has 2 unspecified atom stereocenters. The summed E-state index contributed by atoms with van der Waals surface area (Å²) in [5.41, 5.74) is 15.4. The van der Waals surface area contributed by atoms with Crippen molar-refractivity contribution >= 4 is 21.1 Å². The number of hydrogen-bond donors (Lipinski definition) is 1. The number of piperidine rings is 1. The average Bonchev–Trinajstić information content (AvgIpc) is 2.96. The van der Waals surface area contributed by atoms with Gasteiger partial charge in [0.05, 0.1) is 5.78 Å². The number of primary amides is 1. The van der Waals surface area contributed by atoms with Crippen LogP contribution in [0.3, 0.4) is 0 Å². The van der Waals surface area contributed by atoms with E-state index in [0.717, 1.165) is 27.6 Å². The van der Waals surface area contributed by atoms with Crippen molar-refractivity contribution in [2.45, 2.75) is 65.3 Å². The van der Waals surface area contributed by atoms with Gasteiger partial charge >= 0.3 is 0 Å². The molecule has 0 saturated carbocycles. The van der Waals surface area contributed by atoms with E-state index in [0.29, 0.717) is 5.78 Å². The molecule has 0 spiro atoms. The van der Waals surface area contributed by atoms with E-state index >= 15 is 0 Å². The number of aryl methyl sites for hydroxylation is 3. The SMILES string of the molecule is C=Cc1cc(C)cc(CC2=CPC(N3CCN(C4CCN(Cc5ccc(C)c(C)c5)CC4)CC3)C(C)=C2)c1.NC=O. The van der Waals surface area contributed by atoms with E-state index < -0.39 is 0 Å². The van der Waals surface area contributed by atoms with Crippen LogP contribution in [0.25, 0.3) is 6.08 Å². The van der Waals surface area contributed by atoms with E-state index in [9.17, 15) is 0 Å². The summed E-state index contributed by atoms with van der Waals surface area (Å²) < 4.78 is 0. The van der Waals surface area contributed by atoms with Gasteiger partial charge in [0.15, 0.2) is 0 Å². The van der Waals surface area contributed by atoms with E-state index in [1.807, 2.05) is 6.08 Å². The first-order valence-electron chi connectivity index (χ1n) is 15.1. The summed E-state index contributed by atoms with van der Waals surface area (Å²) in [6, 6.07) is 14.5. The maximum absolute atomic E-state index is 8.58. The summed E-state index contributed by atoms with van der Waals surface area (Å²) in [6.45, 7) is 21.3. The van der Waals surface area contributed by atoms with E-state index in [4.69, 9.17) is 4.79 Å². The summed E-state index contributed by atoms with van der Waals surface area (Å²) in [7, 11) is 0.860. The second-order valence-corrected chi connectivity index (χ2v) is 13.1. The number of rotatable bonds is 7. The highest BCUT2D eigenvalue weighted by Gasteiger charge is 2.30. The quantitative estimate of drug-likeness (QED) is 0.325. The number of hydrogen-bond acceptors (Lipinski definition) is 4. The Labute approximate surface area is 249 Å². The lowest BCUT2D eigenvalue weighted by atomic mass is 9.99. The van der Waals surface area contributed by atoms with Crippen LogP contribution in [0.4, 0.5) is 0 Å². The van der Waals surface area contributed by atoms with Crippen molar-refractivity contribution in [3.05, 3.63) is 99.4 Å². The van der Waals surface area contributed by atoms with Crippen molar-refractivity contribution in [1.29, 1.82) is 0 Å². The summed E-state index contributed by atoms with van der Waals surface area (Å²) in [5.74, 6) is 3.12. The fourth-order valence-corrected chi connectivity index (χ4v) is 7.91. The molecule has 0 bridgehead atoms. The zero-order valence-electron chi connectivity index (χ0n) is 25.5. The number of nitrogens with zero attached hydrogens (tertiary/aromatic N) is 3. The summed E-state index contributed by atoms with van der Waals surface area (Å²) in [5, 5.41) is 0. The van der Waals surface area contributed by atoms with Crippen molar-refractivity contribution in [3.63, 3.8) is 0 Å². The third-order valence-electron chi connectivity index (χ3n) is 8.84. The molecule has 5 nitrogen and oxygen atoms in total. The molecule has 41 heavy (non-hydrogen) atoms. The molecule has 220 valence electrons. The van der Waals surface area contributed by atoms with E-state index in [1.54, 1.807) is 5.57 Å². The number of carbonyl (C=O) groups is 1. The number of likely N-dealkylation sites (tertiary alicyclic amines) is 1. The van der Waals surface area contributed by atoms with Gasteiger partial charge in [-0.2, -0.15) is 0 Å². The van der Waals surface area contributed by atoms with Gasteiger partial charge in [-0.25, -0.2) is 0 Å². The molecule has 2 aromatic carbocycles. The van der Waals surface area contributed by atoms with Gasteiger partial charge in [0.25, 0.3) is 0 Å². The predicted molar refractivity (Wildman–Crippen MR) is 177 cm³/mol. The van der Waals surface area contributed by atoms with Crippen LogP contribution in [0.15, 0.2) is 66.0 Å². The Balaban J connectivity index is 0.00000124. The molecule has 0 radical (unpaired) electrons. The van der Waals surface area contributed by atoms with E-state index in [2.05, 4.69) is 103 Å². The normalized spacial score (nSPS) is 21.5. The number of nitrogens with two attached hydrogens (primary N) is 1. The van der Waals surface area contributed by atoms with Gasteiger partial charge in [0.2, 0.25) is 6.41 Å². The van der Waals surface area contributed by atoms with Crippen LogP contribution in [-0.4, -0.2) is 72.2 Å². The van der Waals surface area contributed by atoms with Crippen LogP contribution < -0.4 is 5.73 Å². The Kier molecular flexibility index (Phi) is 11.5. The highest BCUT2D eigenvalue weighted by molar-refractivity contribution is 7.42. The zero-order valence-corrected chi connectivity index (χ0v) is 26.5. The molecule has 3 aliphatic heterocycles. The third kappa shape index (κ3) is 8.72. The molecule has 1 amide bonds. The third-order valence-corrected chi connectivity index (χ3v) is 10.5. The molecule has 5 rings (SSSR count). The minimum atomic E-state index is 0.250. The molecule has 0 aliphatic carbocycles. The Morgan fingerprint density at radius 2 is 1.59 bits per heavy atom. The van der Waals surface area contributed by atoms with Gasteiger partial charge in [-0.3, -0.25) is 19.5 Å². The van der Waals surface area contributed by atoms with E-state index in [1.165, 1.54) is 91.1 Å². The van der Waals surface area contributed by atoms with E-state index in [-0.39, 0.29) is 6.41 Å². The molecule has 2 fully saturated rings. The van der Waals surface area contributed by atoms with Crippen LogP contribution in [-0.2, 0) is 17.8 Å². The van der Waals surface area contributed by atoms with Crippen LogP contribution >= 0.6 is 8.58 Å². The van der Waals surface area contributed by atoms with Gasteiger partial charge < -0.3 is 5.73 Å². The number of benzene rings is 2. The number of piperazine rings is 1. The Morgan fingerprint density at radius 3 is 2.22 bits per heavy atom. The molecule has 0 aromatic heterocycles. The molecule has 2 aromatic rings. The van der Waals surface area contributed by atoms with Crippen molar-refractivity contribution in [2.24, 2.45) is 5.73 Å². The van der Waals surface area contributed by atoms with Crippen LogP contribution in [0.5, 0.6) is 0 Å². The van der Waals surface area contributed by atoms with Gasteiger partial charge in [-0.05, 0) is 93.4 Å². The van der Waals surface area contributed by atoms with Crippen molar-refractivity contribution in [3.8, 4) is 0 Å². The second kappa shape index (κ2) is 15.1. The number of amides is 1. The lowest BCUT2D eigenvalue weighted by Gasteiger charge is -2.45. The summed E-state index contributed by atoms with van der Waals surface area (Å²) in [6.07, 6.45) is 8.32. The van der Waals surface area contributed by atoms with Crippen LogP contribution in [0, 0.1) is 20.8 Å². The van der Waals surface area contributed by atoms with Crippen LogP contribution in [0.1, 0.15) is 53.1 Å². The standard InChI is InChI=1S/C34H46N3P.CH3NO/c1-6-29-17-25(2)18-31(21-29)22-32-20-28(5)34(38-24-32)37-15-13-36(14-16-37)33-9-11-35(12-10-33)23-30-8-7-26(3)27(4)19-30;2-1-3/h6-8,17-21,24,33-34,38H,1,9-16,22-23H2,2-5H3;1H,(H2,2,3). The minimum absolute atomic E-state index is 0.250. The van der Waals surface area contributed by atoms with Gasteiger partial charge in [0.1, 0.15) is 0 Å². The van der Waals surface area contributed by atoms with Crippen molar-refractivity contribution in [2.75, 3.05) is 39.3 Å². The van der Waals surface area contributed by atoms with Crippen molar-refractivity contribution in [1.82, 2.24) is 14.7 Å². The molecule has 2 saturated heterocycles. The summed E-state index contributed by atoms with van der Waals surface area (Å²) in [4.78, 5) is 16.8. The first kappa shape index (κ1) is 31.4. The topological polar surface area (TPSA) is 52.8 Å². The Morgan fingerprint density at radius 1 is 0.902 bits per heavy atom. The number of allylic oxidation sites excluding steroid dienone is 2. The molecule has 2 atom stereocenters. The van der Waals surface area contributed by atoms with Gasteiger partial charge in [-0.15, -0.1) is 0 Å². The summed E-state index contributed by atoms with van der Waals surface area (Å²) >= 11 is 0. The monoisotopic (exact) mass is 572 g/mol. The molecular formula is C35H49N4OP. The molecule has 2 N–H and O–H groups in total. The van der Waals surface area contributed by atoms with Gasteiger partial charge in [0, 0.05) is 38.8 Å². The highest BCUT2D eigenvalue weighted by Crippen LogP contribution is 2.38. The Hall–Kier alpha value is -2.56. The molecule has 3 heterocycles. The zero-order chi connectivity index (χ0) is 29.4. The fraction of sp³-hybridized carbons (Fsp3) is 0.457. The smallest absolute Gasteiger partial charge is 0.204 e. The largest absolute Gasteiger partial charge is 0.372 e.